The van der Waals surface area contributed by atoms with Crippen molar-refractivity contribution >= 4 is 17.3 Å². The Kier molecular flexibility index (Phi) is 5.19. The van der Waals surface area contributed by atoms with E-state index in [0.29, 0.717) is 17.7 Å². The summed E-state index contributed by atoms with van der Waals surface area (Å²) in [6.45, 7) is 2.95. The Morgan fingerprint density at radius 2 is 2.29 bits per heavy atom. The summed E-state index contributed by atoms with van der Waals surface area (Å²) in [5, 5.41) is 15.6. The number of hydrogen-bond acceptors (Lipinski definition) is 2. The van der Waals surface area contributed by atoms with Crippen molar-refractivity contribution in [3.8, 4) is 0 Å². The number of thiocarbonyl (C=S) groups is 1. The second kappa shape index (κ2) is 6.19. The zero-order valence-electron chi connectivity index (χ0n) is 8.75. The summed E-state index contributed by atoms with van der Waals surface area (Å²) in [7, 11) is 0. The summed E-state index contributed by atoms with van der Waals surface area (Å²) >= 11 is 5.11. The largest absolute Gasteiger partial charge is 0.395 e. The van der Waals surface area contributed by atoms with E-state index in [1.807, 2.05) is 0 Å². The van der Waals surface area contributed by atoms with Gasteiger partial charge in [-0.15, -0.1) is 0 Å². The van der Waals surface area contributed by atoms with Crippen molar-refractivity contribution in [2.75, 3.05) is 13.2 Å². The lowest BCUT2D eigenvalue weighted by Gasteiger charge is -2.28. The summed E-state index contributed by atoms with van der Waals surface area (Å²) < 4.78 is 0. The van der Waals surface area contributed by atoms with Gasteiger partial charge in [0.2, 0.25) is 0 Å². The van der Waals surface area contributed by atoms with Crippen molar-refractivity contribution in [3.05, 3.63) is 0 Å². The molecule has 1 aliphatic rings. The Bertz CT molecular complexity index is 187. The average molecular weight is 216 g/mol. The summed E-state index contributed by atoms with van der Waals surface area (Å²) in [6, 6.07) is 0.525. The molecule has 4 heteroatoms. The van der Waals surface area contributed by atoms with Gasteiger partial charge in [-0.25, -0.2) is 0 Å². The molecular weight excluding hydrogens is 196 g/mol. The Morgan fingerprint density at radius 3 is 2.93 bits per heavy atom. The predicted octanol–water partition coefficient (Wildman–Crippen LogP) is 1.02. The lowest BCUT2D eigenvalue weighted by Crippen LogP contribution is -2.44. The maximum atomic E-state index is 8.61. The van der Waals surface area contributed by atoms with Crippen LogP contribution in [0.5, 0.6) is 0 Å². The second-order valence-corrected chi connectivity index (χ2v) is 4.50. The average Bonchev–Trinajstić information content (AvgIpc) is 2.15. The molecule has 82 valence electrons. The third kappa shape index (κ3) is 4.24. The van der Waals surface area contributed by atoms with Crippen LogP contribution in [0, 0.1) is 5.92 Å². The van der Waals surface area contributed by atoms with Crippen LogP contribution in [0.2, 0.25) is 0 Å². The molecule has 0 aromatic carbocycles. The van der Waals surface area contributed by atoms with E-state index in [4.69, 9.17) is 17.3 Å². The van der Waals surface area contributed by atoms with E-state index in [9.17, 15) is 0 Å². The first-order chi connectivity index (χ1) is 6.72. The molecule has 0 spiro atoms. The molecule has 14 heavy (non-hydrogen) atoms. The molecule has 3 N–H and O–H groups in total. The summed E-state index contributed by atoms with van der Waals surface area (Å²) in [4.78, 5) is 0. The molecule has 2 atom stereocenters. The van der Waals surface area contributed by atoms with Crippen molar-refractivity contribution in [1.82, 2.24) is 10.6 Å². The van der Waals surface area contributed by atoms with Gasteiger partial charge in [-0.2, -0.15) is 0 Å². The van der Waals surface area contributed by atoms with Crippen LogP contribution < -0.4 is 10.6 Å². The summed E-state index contributed by atoms with van der Waals surface area (Å²) in [5.41, 5.74) is 0. The fourth-order valence-corrected chi connectivity index (χ4v) is 2.24. The Labute approximate surface area is 91.3 Å². The van der Waals surface area contributed by atoms with Crippen LogP contribution in [0.3, 0.4) is 0 Å². The van der Waals surface area contributed by atoms with E-state index in [1.54, 1.807) is 0 Å². The minimum atomic E-state index is 0.128. The van der Waals surface area contributed by atoms with Crippen molar-refractivity contribution in [3.63, 3.8) is 0 Å². The van der Waals surface area contributed by atoms with E-state index in [2.05, 4.69) is 17.6 Å². The van der Waals surface area contributed by atoms with Crippen molar-refractivity contribution in [2.45, 2.75) is 38.6 Å². The first-order valence-electron chi connectivity index (χ1n) is 5.37. The lowest BCUT2D eigenvalue weighted by atomic mass is 9.87. The van der Waals surface area contributed by atoms with E-state index in [-0.39, 0.29) is 6.61 Å². The van der Waals surface area contributed by atoms with Crippen LogP contribution in [0.15, 0.2) is 0 Å². The first-order valence-corrected chi connectivity index (χ1v) is 5.78. The molecule has 0 saturated heterocycles. The minimum absolute atomic E-state index is 0.128. The molecule has 0 aromatic rings. The molecule has 1 aliphatic carbocycles. The number of aliphatic hydroxyl groups excluding tert-OH is 1. The molecule has 0 radical (unpaired) electrons. The lowest BCUT2D eigenvalue weighted by molar-refractivity contribution is 0.298. The van der Waals surface area contributed by atoms with Gasteiger partial charge in [-0.3, -0.25) is 0 Å². The monoisotopic (exact) mass is 216 g/mol. The molecule has 3 nitrogen and oxygen atoms in total. The van der Waals surface area contributed by atoms with E-state index in [1.165, 1.54) is 25.7 Å². The van der Waals surface area contributed by atoms with Gasteiger partial charge in [-0.1, -0.05) is 19.8 Å². The van der Waals surface area contributed by atoms with Crippen molar-refractivity contribution < 1.29 is 5.11 Å². The number of aliphatic hydroxyl groups is 1. The SMILES string of the molecule is CC1CCCC(NC(=S)NCCO)C1. The van der Waals surface area contributed by atoms with Crippen LogP contribution in [0.25, 0.3) is 0 Å². The molecule has 0 aliphatic heterocycles. The highest BCUT2D eigenvalue weighted by atomic mass is 32.1. The van der Waals surface area contributed by atoms with Gasteiger partial charge in [0.05, 0.1) is 6.61 Å². The topological polar surface area (TPSA) is 44.3 Å². The van der Waals surface area contributed by atoms with Crippen LogP contribution in [0.1, 0.15) is 32.6 Å². The van der Waals surface area contributed by atoms with Gasteiger partial charge >= 0.3 is 0 Å². The fourth-order valence-electron chi connectivity index (χ4n) is 1.97. The molecule has 0 heterocycles. The van der Waals surface area contributed by atoms with Gasteiger partial charge < -0.3 is 15.7 Å². The van der Waals surface area contributed by atoms with Crippen LogP contribution in [-0.2, 0) is 0 Å². The van der Waals surface area contributed by atoms with Gasteiger partial charge in [-0.05, 0) is 31.0 Å². The normalized spacial score (nSPS) is 27.0. The summed E-state index contributed by atoms with van der Waals surface area (Å²) in [6.07, 6.45) is 5.06. The Morgan fingerprint density at radius 1 is 1.50 bits per heavy atom. The second-order valence-electron chi connectivity index (χ2n) is 4.09. The van der Waals surface area contributed by atoms with Gasteiger partial charge in [0.1, 0.15) is 0 Å². The van der Waals surface area contributed by atoms with E-state index < -0.39 is 0 Å². The van der Waals surface area contributed by atoms with Crippen molar-refractivity contribution in [1.29, 1.82) is 0 Å². The third-order valence-electron chi connectivity index (χ3n) is 2.67. The van der Waals surface area contributed by atoms with E-state index >= 15 is 0 Å². The van der Waals surface area contributed by atoms with Crippen LogP contribution in [-0.4, -0.2) is 29.4 Å². The minimum Gasteiger partial charge on any atom is -0.395 e. The quantitative estimate of drug-likeness (QED) is 0.616. The Hall–Kier alpha value is -0.350. The first kappa shape index (κ1) is 11.7. The highest BCUT2D eigenvalue weighted by molar-refractivity contribution is 7.80. The molecule has 0 aromatic heterocycles. The van der Waals surface area contributed by atoms with Gasteiger partial charge in [0.15, 0.2) is 5.11 Å². The molecule has 1 saturated carbocycles. The standard InChI is InChI=1S/C10H20N2OS/c1-8-3-2-4-9(7-8)12-10(14)11-5-6-13/h8-9,13H,2-7H2,1H3,(H2,11,12,14). The zero-order chi connectivity index (χ0) is 10.4. The van der Waals surface area contributed by atoms with Crippen LogP contribution >= 0.6 is 12.2 Å². The highest BCUT2D eigenvalue weighted by Gasteiger charge is 2.18. The summed E-state index contributed by atoms with van der Waals surface area (Å²) in [5.74, 6) is 0.807. The van der Waals surface area contributed by atoms with E-state index in [0.717, 1.165) is 5.92 Å². The zero-order valence-corrected chi connectivity index (χ0v) is 9.57. The fraction of sp³-hybridized carbons (Fsp3) is 0.900. The number of rotatable bonds is 3. The number of hydrogen-bond donors (Lipinski definition) is 3. The number of nitrogens with one attached hydrogen (secondary N) is 2. The van der Waals surface area contributed by atoms with Gasteiger partial charge in [0.25, 0.3) is 0 Å². The molecule has 2 unspecified atom stereocenters. The molecule has 0 amide bonds. The van der Waals surface area contributed by atoms with Crippen LogP contribution in [0.4, 0.5) is 0 Å². The Balaban J connectivity index is 2.18. The highest BCUT2D eigenvalue weighted by Crippen LogP contribution is 2.23. The maximum Gasteiger partial charge on any atom is 0.166 e. The maximum absolute atomic E-state index is 8.61. The molecule has 1 fully saturated rings. The molecular formula is C10H20N2OS. The molecule has 1 rings (SSSR count). The molecule has 0 bridgehead atoms. The smallest absolute Gasteiger partial charge is 0.166 e. The van der Waals surface area contributed by atoms with Crippen molar-refractivity contribution in [2.24, 2.45) is 5.92 Å². The van der Waals surface area contributed by atoms with Gasteiger partial charge in [0, 0.05) is 12.6 Å². The predicted molar refractivity (Wildman–Crippen MR) is 62.2 cm³/mol. The third-order valence-corrected chi connectivity index (χ3v) is 2.93.